The van der Waals surface area contributed by atoms with E-state index in [1.54, 1.807) is 11.3 Å². The Morgan fingerprint density at radius 2 is 2.05 bits per heavy atom. The van der Waals surface area contributed by atoms with Gasteiger partial charge in [0, 0.05) is 24.0 Å². The second kappa shape index (κ2) is 7.95. The van der Waals surface area contributed by atoms with Crippen molar-refractivity contribution >= 4 is 17.2 Å². The lowest BCUT2D eigenvalue weighted by atomic mass is 9.96. The molecule has 1 aliphatic carbocycles. The molecule has 1 aromatic heterocycles. The number of carbonyl (C=O) groups excluding carboxylic acids is 1. The van der Waals surface area contributed by atoms with Crippen molar-refractivity contribution in [1.82, 2.24) is 10.2 Å². The molecule has 2 rings (SSSR count). The van der Waals surface area contributed by atoms with E-state index in [1.807, 2.05) is 25.7 Å². The molecular formula is C17H28N2OS. The summed E-state index contributed by atoms with van der Waals surface area (Å²) < 4.78 is 0. The molecule has 2 unspecified atom stereocenters. The van der Waals surface area contributed by atoms with Crippen molar-refractivity contribution in [3.8, 4) is 0 Å². The minimum absolute atomic E-state index is 0.113. The van der Waals surface area contributed by atoms with Gasteiger partial charge in [0.2, 0.25) is 5.91 Å². The fraction of sp³-hybridized carbons (Fsp3) is 0.706. The van der Waals surface area contributed by atoms with Gasteiger partial charge in [-0.3, -0.25) is 10.1 Å². The Labute approximate surface area is 132 Å². The summed E-state index contributed by atoms with van der Waals surface area (Å²) in [4.78, 5) is 15.8. The standard InChI is InChI=1S/C17H28N2OS/c1-4-19(5-2)17(20)13(3)18-16(14-9-6-7-10-14)15-11-8-12-21-15/h8,11-14,16,18H,4-7,9-10H2,1-3H3. The number of hydrogen-bond donors (Lipinski definition) is 1. The number of nitrogens with zero attached hydrogens (tertiary/aromatic N) is 1. The topological polar surface area (TPSA) is 32.3 Å². The van der Waals surface area contributed by atoms with Gasteiger partial charge in [-0.25, -0.2) is 0 Å². The maximum Gasteiger partial charge on any atom is 0.239 e. The molecule has 0 saturated heterocycles. The summed E-state index contributed by atoms with van der Waals surface area (Å²) in [5.74, 6) is 0.898. The number of thiophene rings is 1. The van der Waals surface area contributed by atoms with E-state index in [1.165, 1.54) is 30.6 Å². The number of carbonyl (C=O) groups is 1. The first-order chi connectivity index (χ1) is 10.2. The molecule has 1 aliphatic rings. The van der Waals surface area contributed by atoms with E-state index in [9.17, 15) is 4.79 Å². The monoisotopic (exact) mass is 308 g/mol. The molecular weight excluding hydrogens is 280 g/mol. The largest absolute Gasteiger partial charge is 0.342 e. The number of rotatable bonds is 7. The van der Waals surface area contributed by atoms with E-state index >= 15 is 0 Å². The molecule has 1 aromatic rings. The highest BCUT2D eigenvalue weighted by Gasteiger charge is 2.30. The van der Waals surface area contributed by atoms with E-state index in [2.05, 4.69) is 22.8 Å². The number of amides is 1. The SMILES string of the molecule is CCN(CC)C(=O)C(C)NC(c1cccs1)C1CCCC1. The number of nitrogens with one attached hydrogen (secondary N) is 1. The van der Waals surface area contributed by atoms with Gasteiger partial charge in [0.05, 0.1) is 6.04 Å². The second-order valence-electron chi connectivity index (χ2n) is 5.94. The Kier molecular flexibility index (Phi) is 6.24. The summed E-state index contributed by atoms with van der Waals surface area (Å²) in [6, 6.07) is 4.54. The van der Waals surface area contributed by atoms with Crippen LogP contribution in [0, 0.1) is 5.92 Å². The molecule has 0 aliphatic heterocycles. The highest BCUT2D eigenvalue weighted by Crippen LogP contribution is 2.37. The van der Waals surface area contributed by atoms with Crippen LogP contribution in [-0.4, -0.2) is 29.9 Å². The third kappa shape index (κ3) is 4.07. The molecule has 2 atom stereocenters. The first-order valence-electron chi connectivity index (χ1n) is 8.25. The summed E-state index contributed by atoms with van der Waals surface area (Å²) in [5.41, 5.74) is 0. The molecule has 1 fully saturated rings. The summed E-state index contributed by atoms with van der Waals surface area (Å²) in [6.07, 6.45) is 5.21. The lowest BCUT2D eigenvalue weighted by Gasteiger charge is -2.30. The maximum absolute atomic E-state index is 12.5. The van der Waals surface area contributed by atoms with E-state index in [-0.39, 0.29) is 11.9 Å². The van der Waals surface area contributed by atoms with Crippen LogP contribution in [0.4, 0.5) is 0 Å². The van der Waals surface area contributed by atoms with Gasteiger partial charge < -0.3 is 4.90 Å². The smallest absolute Gasteiger partial charge is 0.239 e. The Hall–Kier alpha value is -0.870. The van der Waals surface area contributed by atoms with Crippen LogP contribution in [0.2, 0.25) is 0 Å². The first kappa shape index (κ1) is 16.5. The molecule has 1 saturated carbocycles. The lowest BCUT2D eigenvalue weighted by molar-refractivity contribution is -0.132. The summed E-state index contributed by atoms with van der Waals surface area (Å²) in [6.45, 7) is 7.67. The average molecular weight is 308 g/mol. The van der Waals surface area contributed by atoms with Crippen LogP contribution >= 0.6 is 11.3 Å². The number of hydrogen-bond acceptors (Lipinski definition) is 3. The van der Waals surface area contributed by atoms with Crippen molar-refractivity contribution in [3.63, 3.8) is 0 Å². The van der Waals surface area contributed by atoms with Gasteiger partial charge in [-0.1, -0.05) is 18.9 Å². The van der Waals surface area contributed by atoms with Gasteiger partial charge >= 0.3 is 0 Å². The van der Waals surface area contributed by atoms with Crippen LogP contribution in [0.15, 0.2) is 17.5 Å². The Bertz CT molecular complexity index is 422. The quantitative estimate of drug-likeness (QED) is 0.830. The molecule has 3 nitrogen and oxygen atoms in total. The molecule has 0 spiro atoms. The highest BCUT2D eigenvalue weighted by molar-refractivity contribution is 7.10. The summed E-state index contributed by atoms with van der Waals surface area (Å²) in [7, 11) is 0. The Morgan fingerprint density at radius 1 is 1.38 bits per heavy atom. The van der Waals surface area contributed by atoms with Crippen LogP contribution in [0.25, 0.3) is 0 Å². The van der Waals surface area contributed by atoms with Gasteiger partial charge in [0.15, 0.2) is 0 Å². The van der Waals surface area contributed by atoms with Crippen LogP contribution in [0.1, 0.15) is 57.4 Å². The van der Waals surface area contributed by atoms with Gasteiger partial charge in [-0.2, -0.15) is 0 Å². The minimum Gasteiger partial charge on any atom is -0.342 e. The van der Waals surface area contributed by atoms with Gasteiger partial charge in [-0.15, -0.1) is 11.3 Å². The van der Waals surface area contributed by atoms with Gasteiger partial charge in [0.1, 0.15) is 0 Å². The predicted octanol–water partition coefficient (Wildman–Crippen LogP) is 3.83. The molecule has 21 heavy (non-hydrogen) atoms. The van der Waals surface area contributed by atoms with Crippen LogP contribution in [0.3, 0.4) is 0 Å². The first-order valence-corrected chi connectivity index (χ1v) is 9.13. The summed E-state index contributed by atoms with van der Waals surface area (Å²) >= 11 is 1.80. The van der Waals surface area contributed by atoms with Crippen LogP contribution in [-0.2, 0) is 4.79 Å². The molecule has 1 amide bonds. The Balaban J connectivity index is 2.06. The molecule has 0 radical (unpaired) electrons. The zero-order valence-electron chi connectivity index (χ0n) is 13.5. The fourth-order valence-electron chi connectivity index (χ4n) is 3.36. The van der Waals surface area contributed by atoms with Crippen molar-refractivity contribution in [3.05, 3.63) is 22.4 Å². The zero-order chi connectivity index (χ0) is 15.2. The molecule has 0 bridgehead atoms. The normalized spacial score (nSPS) is 18.6. The van der Waals surface area contributed by atoms with Crippen molar-refractivity contribution in [1.29, 1.82) is 0 Å². The molecule has 0 aromatic carbocycles. The van der Waals surface area contributed by atoms with E-state index < -0.39 is 0 Å². The zero-order valence-corrected chi connectivity index (χ0v) is 14.3. The predicted molar refractivity (Wildman–Crippen MR) is 89.5 cm³/mol. The third-order valence-electron chi connectivity index (χ3n) is 4.60. The molecule has 1 N–H and O–H groups in total. The molecule has 118 valence electrons. The fourth-order valence-corrected chi connectivity index (χ4v) is 4.24. The maximum atomic E-state index is 12.5. The van der Waals surface area contributed by atoms with E-state index in [0.717, 1.165) is 13.1 Å². The van der Waals surface area contributed by atoms with Crippen LogP contribution in [0.5, 0.6) is 0 Å². The lowest BCUT2D eigenvalue weighted by Crippen LogP contribution is -2.46. The highest BCUT2D eigenvalue weighted by atomic mass is 32.1. The van der Waals surface area contributed by atoms with Crippen LogP contribution < -0.4 is 5.32 Å². The van der Waals surface area contributed by atoms with Gasteiger partial charge in [-0.05, 0) is 51.0 Å². The van der Waals surface area contributed by atoms with Crippen molar-refractivity contribution in [2.75, 3.05) is 13.1 Å². The molecule has 1 heterocycles. The van der Waals surface area contributed by atoms with Gasteiger partial charge in [0.25, 0.3) is 0 Å². The third-order valence-corrected chi connectivity index (χ3v) is 5.55. The second-order valence-corrected chi connectivity index (χ2v) is 6.92. The number of likely N-dealkylation sites (N-methyl/N-ethyl adjacent to an activating group) is 1. The van der Waals surface area contributed by atoms with E-state index in [0.29, 0.717) is 12.0 Å². The van der Waals surface area contributed by atoms with E-state index in [4.69, 9.17) is 0 Å². The van der Waals surface area contributed by atoms with Crippen molar-refractivity contribution in [2.45, 2.75) is 58.5 Å². The minimum atomic E-state index is -0.113. The van der Waals surface area contributed by atoms with Crippen molar-refractivity contribution in [2.24, 2.45) is 5.92 Å². The average Bonchev–Trinajstić information content (AvgIpc) is 3.19. The summed E-state index contributed by atoms with van der Waals surface area (Å²) in [5, 5.41) is 5.76. The Morgan fingerprint density at radius 3 is 2.57 bits per heavy atom. The molecule has 4 heteroatoms. The van der Waals surface area contributed by atoms with Crippen molar-refractivity contribution < 1.29 is 4.79 Å².